The highest BCUT2D eigenvalue weighted by Gasteiger charge is 2.14. The van der Waals surface area contributed by atoms with Crippen molar-refractivity contribution in [2.75, 3.05) is 13.7 Å². The van der Waals surface area contributed by atoms with Crippen molar-refractivity contribution in [3.63, 3.8) is 0 Å². The van der Waals surface area contributed by atoms with Crippen molar-refractivity contribution in [1.29, 1.82) is 0 Å². The van der Waals surface area contributed by atoms with Gasteiger partial charge in [0.2, 0.25) is 10.0 Å². The topological polar surface area (TPSA) is 113 Å². The van der Waals surface area contributed by atoms with Gasteiger partial charge in [-0.3, -0.25) is 4.79 Å². The minimum atomic E-state index is -3.83. The lowest BCUT2D eigenvalue weighted by Crippen LogP contribution is -2.19. The smallest absolute Gasteiger partial charge is 0.279 e. The Morgan fingerprint density at radius 1 is 1.20 bits per heavy atom. The first-order valence-corrected chi connectivity index (χ1v) is 11.6. The fraction of sp³-hybridized carbons (Fsp3) is 0.300. The molecule has 0 spiro atoms. The standard InChI is InChI=1S/C20H23N3O5S2/c1-13(2)28-15-6-4-14(5-7-15)19(24)22-20-23(10-11-27-3)17-9-8-16(30(21,25)26)12-18(17)29-20/h4-9,12-13H,10-11H2,1-3H3,(H2,21,25,26). The van der Waals surface area contributed by atoms with Gasteiger partial charge in [-0.25, -0.2) is 13.6 Å². The normalized spacial score (nSPS) is 12.6. The molecule has 8 nitrogen and oxygen atoms in total. The molecule has 2 N–H and O–H groups in total. The third-order valence-corrected chi connectivity index (χ3v) is 6.12. The van der Waals surface area contributed by atoms with E-state index in [2.05, 4.69) is 4.99 Å². The molecule has 0 saturated carbocycles. The molecule has 1 aromatic heterocycles. The number of hydrogen-bond donors (Lipinski definition) is 1. The number of carbonyl (C=O) groups is 1. The van der Waals surface area contributed by atoms with Crippen LogP contribution in [0.4, 0.5) is 0 Å². The van der Waals surface area contributed by atoms with E-state index in [1.54, 1.807) is 37.4 Å². The second-order valence-corrected chi connectivity index (χ2v) is 9.38. The van der Waals surface area contributed by atoms with Crippen molar-refractivity contribution in [3.05, 3.63) is 52.8 Å². The van der Waals surface area contributed by atoms with Crippen LogP contribution in [0, 0.1) is 0 Å². The summed E-state index contributed by atoms with van der Waals surface area (Å²) in [4.78, 5) is 17.4. The maximum Gasteiger partial charge on any atom is 0.279 e. The van der Waals surface area contributed by atoms with E-state index in [1.165, 1.54) is 23.5 Å². The van der Waals surface area contributed by atoms with Crippen LogP contribution in [0.15, 0.2) is 52.4 Å². The summed E-state index contributed by atoms with van der Waals surface area (Å²) in [5.74, 6) is 0.268. The van der Waals surface area contributed by atoms with Gasteiger partial charge in [-0.15, -0.1) is 0 Å². The Bertz CT molecular complexity index is 1230. The zero-order valence-electron chi connectivity index (χ0n) is 16.9. The fourth-order valence-electron chi connectivity index (χ4n) is 2.81. The molecule has 0 radical (unpaired) electrons. The fourth-order valence-corrected chi connectivity index (χ4v) is 4.52. The molecule has 0 unspecified atom stereocenters. The molecule has 2 aromatic carbocycles. The lowest BCUT2D eigenvalue weighted by Gasteiger charge is -2.09. The lowest BCUT2D eigenvalue weighted by atomic mass is 10.2. The number of carbonyl (C=O) groups excluding carboxylic acids is 1. The molecule has 10 heteroatoms. The van der Waals surface area contributed by atoms with E-state index >= 15 is 0 Å². The summed E-state index contributed by atoms with van der Waals surface area (Å²) in [6.07, 6.45) is 0.0387. The van der Waals surface area contributed by atoms with Crippen molar-refractivity contribution in [2.45, 2.75) is 31.4 Å². The molecule has 3 rings (SSSR count). The first kappa shape index (κ1) is 22.2. The van der Waals surface area contributed by atoms with E-state index in [1.807, 2.05) is 18.4 Å². The first-order chi connectivity index (χ1) is 14.2. The van der Waals surface area contributed by atoms with Crippen LogP contribution in [0.1, 0.15) is 24.2 Å². The van der Waals surface area contributed by atoms with E-state index in [4.69, 9.17) is 14.6 Å². The average Bonchev–Trinajstić information content (AvgIpc) is 3.01. The number of sulfonamides is 1. The molecular weight excluding hydrogens is 426 g/mol. The van der Waals surface area contributed by atoms with Crippen molar-refractivity contribution in [2.24, 2.45) is 10.1 Å². The maximum absolute atomic E-state index is 12.7. The molecule has 0 atom stereocenters. The lowest BCUT2D eigenvalue weighted by molar-refractivity contribution is 0.0997. The molecule has 0 aliphatic rings. The van der Waals surface area contributed by atoms with E-state index in [-0.39, 0.29) is 11.0 Å². The van der Waals surface area contributed by atoms with Gasteiger partial charge in [0.15, 0.2) is 4.80 Å². The van der Waals surface area contributed by atoms with Crippen LogP contribution in [0.25, 0.3) is 10.2 Å². The maximum atomic E-state index is 12.7. The summed E-state index contributed by atoms with van der Waals surface area (Å²) in [7, 11) is -2.25. The predicted octanol–water partition coefficient (Wildman–Crippen LogP) is 2.52. The second kappa shape index (κ2) is 9.09. The molecule has 0 saturated heterocycles. The minimum Gasteiger partial charge on any atom is -0.491 e. The largest absolute Gasteiger partial charge is 0.491 e. The number of nitrogens with zero attached hydrogens (tertiary/aromatic N) is 2. The van der Waals surface area contributed by atoms with Crippen molar-refractivity contribution in [3.8, 4) is 5.75 Å². The Kier molecular flexibility index (Phi) is 6.71. The highest BCUT2D eigenvalue weighted by molar-refractivity contribution is 7.89. The number of primary sulfonamides is 1. The van der Waals surface area contributed by atoms with Crippen molar-refractivity contribution in [1.82, 2.24) is 4.57 Å². The Labute approximate surface area is 178 Å². The second-order valence-electron chi connectivity index (χ2n) is 6.81. The summed E-state index contributed by atoms with van der Waals surface area (Å²) in [6.45, 7) is 4.72. The summed E-state index contributed by atoms with van der Waals surface area (Å²) in [5.41, 5.74) is 1.17. The highest BCUT2D eigenvalue weighted by Crippen LogP contribution is 2.21. The summed E-state index contributed by atoms with van der Waals surface area (Å²) < 4.78 is 36.6. The molecule has 30 heavy (non-hydrogen) atoms. The third kappa shape index (κ3) is 5.14. The number of nitrogens with two attached hydrogens (primary N) is 1. The number of methoxy groups -OCH3 is 1. The Hall–Kier alpha value is -2.53. The molecule has 0 bridgehead atoms. The Morgan fingerprint density at radius 2 is 1.90 bits per heavy atom. The Morgan fingerprint density at radius 3 is 2.50 bits per heavy atom. The van der Waals surface area contributed by atoms with Gasteiger partial charge in [0.25, 0.3) is 5.91 Å². The number of aromatic nitrogens is 1. The molecule has 1 heterocycles. The van der Waals surface area contributed by atoms with Gasteiger partial charge in [0, 0.05) is 19.2 Å². The zero-order valence-corrected chi connectivity index (χ0v) is 18.5. The van der Waals surface area contributed by atoms with Crippen molar-refractivity contribution < 1.29 is 22.7 Å². The van der Waals surface area contributed by atoms with Gasteiger partial charge >= 0.3 is 0 Å². The summed E-state index contributed by atoms with van der Waals surface area (Å²) >= 11 is 1.21. The molecule has 0 aliphatic heterocycles. The molecular formula is C20H23N3O5S2. The van der Waals surface area contributed by atoms with Gasteiger partial charge in [-0.05, 0) is 56.3 Å². The summed E-state index contributed by atoms with van der Waals surface area (Å²) in [5, 5.41) is 5.23. The quantitative estimate of drug-likeness (QED) is 0.595. The van der Waals surface area contributed by atoms with Gasteiger partial charge < -0.3 is 14.0 Å². The SMILES string of the molecule is COCCn1c(=NC(=O)c2ccc(OC(C)C)cc2)sc2cc(S(N)(=O)=O)ccc21. The van der Waals surface area contributed by atoms with Gasteiger partial charge in [0.05, 0.1) is 27.8 Å². The van der Waals surface area contributed by atoms with Gasteiger partial charge in [0.1, 0.15) is 5.75 Å². The highest BCUT2D eigenvalue weighted by atomic mass is 32.2. The van der Waals surface area contributed by atoms with E-state index in [0.717, 1.165) is 5.52 Å². The number of ether oxygens (including phenoxy) is 2. The molecule has 3 aromatic rings. The first-order valence-electron chi connectivity index (χ1n) is 9.20. The molecule has 0 aliphatic carbocycles. The molecule has 0 fully saturated rings. The van der Waals surface area contributed by atoms with Crippen LogP contribution in [0.3, 0.4) is 0 Å². The van der Waals surface area contributed by atoms with Gasteiger partial charge in [-0.2, -0.15) is 4.99 Å². The van der Waals surface area contributed by atoms with Crippen LogP contribution in [-0.2, 0) is 21.3 Å². The minimum absolute atomic E-state index is 0.00811. The number of benzene rings is 2. The van der Waals surface area contributed by atoms with E-state index < -0.39 is 15.9 Å². The van der Waals surface area contributed by atoms with E-state index in [9.17, 15) is 13.2 Å². The molecule has 1 amide bonds. The average molecular weight is 450 g/mol. The third-order valence-electron chi connectivity index (χ3n) is 4.17. The predicted molar refractivity (Wildman–Crippen MR) is 115 cm³/mol. The Balaban J connectivity index is 2.03. The summed E-state index contributed by atoms with van der Waals surface area (Å²) in [6, 6.07) is 11.4. The van der Waals surface area contributed by atoms with Crippen LogP contribution in [-0.4, -0.2) is 38.7 Å². The van der Waals surface area contributed by atoms with E-state index in [0.29, 0.717) is 34.0 Å². The number of fused-ring (bicyclic) bond motifs is 1. The van der Waals surface area contributed by atoms with Crippen LogP contribution in [0.2, 0.25) is 0 Å². The number of rotatable bonds is 7. The van der Waals surface area contributed by atoms with Crippen molar-refractivity contribution >= 4 is 37.5 Å². The number of thiazole rings is 1. The van der Waals surface area contributed by atoms with Crippen LogP contribution < -0.4 is 14.7 Å². The zero-order chi connectivity index (χ0) is 21.9. The number of hydrogen-bond acceptors (Lipinski definition) is 6. The van der Waals surface area contributed by atoms with Crippen LogP contribution in [0.5, 0.6) is 5.75 Å². The molecule has 160 valence electrons. The monoisotopic (exact) mass is 449 g/mol. The van der Waals surface area contributed by atoms with Crippen LogP contribution >= 0.6 is 11.3 Å². The number of amides is 1. The van der Waals surface area contributed by atoms with Gasteiger partial charge in [-0.1, -0.05) is 11.3 Å².